The van der Waals surface area contributed by atoms with E-state index in [9.17, 15) is 9.90 Å². The Morgan fingerprint density at radius 1 is 1.04 bits per heavy atom. The van der Waals surface area contributed by atoms with Gasteiger partial charge in [0.25, 0.3) is 5.91 Å². The van der Waals surface area contributed by atoms with Gasteiger partial charge in [0, 0.05) is 16.9 Å². The molecule has 1 amide bonds. The molecule has 2 heterocycles. The molecule has 0 spiro atoms. The summed E-state index contributed by atoms with van der Waals surface area (Å²) >= 11 is 5.86. The highest BCUT2D eigenvalue weighted by molar-refractivity contribution is 6.31. The predicted octanol–water partition coefficient (Wildman–Crippen LogP) is 12.3. The Bertz CT molecular complexity index is 1660. The monoisotopic (exact) mass is 772 g/mol. The van der Waals surface area contributed by atoms with E-state index >= 15 is 0 Å². The zero-order chi connectivity index (χ0) is 41.8. The summed E-state index contributed by atoms with van der Waals surface area (Å²) in [6, 6.07) is 12.4. The van der Waals surface area contributed by atoms with Crippen LogP contribution in [0.2, 0.25) is 0 Å². The molecule has 0 unspecified atom stereocenters. The van der Waals surface area contributed by atoms with Crippen molar-refractivity contribution in [3.8, 4) is 22.6 Å². The van der Waals surface area contributed by atoms with Crippen molar-refractivity contribution in [1.82, 2.24) is 15.1 Å². The molecule has 4 rings (SSSR count). The first kappa shape index (κ1) is 49.8. The van der Waals surface area contributed by atoms with Crippen molar-refractivity contribution >= 4 is 23.8 Å². The summed E-state index contributed by atoms with van der Waals surface area (Å²) in [5.41, 5.74) is 5.10. The second-order valence-corrected chi connectivity index (χ2v) is 12.4. The number of amides is 1. The Balaban J connectivity index is 0.000000992. The number of carbonyl (C=O) groups is 1. The number of aromatic hydroxyl groups is 1. The van der Waals surface area contributed by atoms with Crippen LogP contribution < -0.4 is 10.1 Å². The number of phenols is 1. The van der Waals surface area contributed by atoms with E-state index < -0.39 is 0 Å². The molecule has 9 heteroatoms. The lowest BCUT2D eigenvalue weighted by molar-refractivity contribution is 0.0803. The van der Waals surface area contributed by atoms with Crippen molar-refractivity contribution in [3.63, 3.8) is 0 Å². The largest absolute Gasteiger partial charge is 0.508 e. The summed E-state index contributed by atoms with van der Waals surface area (Å²) in [7, 11) is 0. The number of rotatable bonds is 12. The third-order valence-corrected chi connectivity index (χ3v) is 7.51. The van der Waals surface area contributed by atoms with E-state index in [4.69, 9.17) is 26.5 Å². The molecule has 0 saturated carbocycles. The fourth-order valence-electron chi connectivity index (χ4n) is 4.49. The number of ether oxygens (including phenoxy) is 2. The van der Waals surface area contributed by atoms with Crippen LogP contribution in [-0.2, 0) is 4.74 Å². The summed E-state index contributed by atoms with van der Waals surface area (Å²) in [6.45, 7) is 31.8. The van der Waals surface area contributed by atoms with E-state index in [0.717, 1.165) is 46.6 Å². The fourth-order valence-corrected chi connectivity index (χ4v) is 4.56. The van der Waals surface area contributed by atoms with Crippen molar-refractivity contribution in [1.29, 1.82) is 5.41 Å². The van der Waals surface area contributed by atoms with Crippen LogP contribution in [0, 0.1) is 5.41 Å². The molecule has 0 fully saturated rings. The van der Waals surface area contributed by atoms with Gasteiger partial charge >= 0.3 is 0 Å². The molecule has 2 aliphatic rings. The maximum absolute atomic E-state index is 13.2. The molecule has 0 aliphatic carbocycles. The number of dihydropyridines is 1. The van der Waals surface area contributed by atoms with E-state index in [1.807, 2.05) is 88.4 Å². The van der Waals surface area contributed by atoms with Crippen molar-refractivity contribution in [2.24, 2.45) is 0 Å². The lowest BCUT2D eigenvalue weighted by Crippen LogP contribution is -2.39. The first-order valence-electron chi connectivity index (χ1n) is 19.1. The number of allylic oxidation sites excluding steroid dienone is 9. The fraction of sp³-hybridized carbons (Fsp3) is 0.348. The summed E-state index contributed by atoms with van der Waals surface area (Å²) in [6.07, 6.45) is 17.3. The van der Waals surface area contributed by atoms with Gasteiger partial charge in [0.1, 0.15) is 29.7 Å². The lowest BCUT2D eigenvalue weighted by atomic mass is 10.0. The van der Waals surface area contributed by atoms with Crippen LogP contribution in [0.5, 0.6) is 11.5 Å². The number of fused-ring (bicyclic) bond motifs is 1. The van der Waals surface area contributed by atoms with Gasteiger partial charge in [-0.15, -0.1) is 0 Å². The van der Waals surface area contributed by atoms with Crippen molar-refractivity contribution in [2.45, 2.75) is 81.6 Å². The Morgan fingerprint density at radius 2 is 1.65 bits per heavy atom. The van der Waals surface area contributed by atoms with Gasteiger partial charge in [-0.2, -0.15) is 0 Å². The highest BCUT2D eigenvalue weighted by Gasteiger charge is 2.27. The molecule has 3 N–H and O–H groups in total. The second-order valence-electron chi connectivity index (χ2n) is 11.9. The van der Waals surface area contributed by atoms with E-state index in [-0.39, 0.29) is 11.7 Å². The van der Waals surface area contributed by atoms with Crippen molar-refractivity contribution in [3.05, 3.63) is 144 Å². The molecule has 2 aromatic carbocycles. The molecular formula is C46H65ClN4O4. The van der Waals surface area contributed by atoms with Crippen LogP contribution in [-0.4, -0.2) is 53.5 Å². The number of nitrogens with one attached hydrogen (secondary N) is 2. The Morgan fingerprint density at radius 3 is 2.18 bits per heavy atom. The quantitative estimate of drug-likeness (QED) is 0.0860. The minimum Gasteiger partial charge on any atom is -0.508 e. The van der Waals surface area contributed by atoms with Crippen LogP contribution in [0.4, 0.5) is 0 Å². The standard InChI is InChI=1S/C23H22N4O3.C15H21ClO.2C3H8.C2H6/c1-2-26(15-24)22-10-6-18(14-25-22)27-11-12-30-21-13-17(5-9-20(21)23(27)29)16-3-7-19(28)8-4-16;1-6-10-17-14(5)11-13(4)12(3)8-9-15(16)7-2;2*1-3-2;1-2/h2-10,13,15,24-25,28H,1,11-12,14H2;7-9,11H,3,5-6,10H2,1-2,4H3;2*3H2,1-2H3;1-2H3/b;9-8-,13-11+,15-7+;;;. The van der Waals surface area contributed by atoms with Gasteiger partial charge in [-0.3, -0.25) is 15.1 Å². The van der Waals surface area contributed by atoms with E-state index in [1.54, 1.807) is 28.0 Å². The number of hydrogen-bond donors (Lipinski definition) is 3. The van der Waals surface area contributed by atoms with Gasteiger partial charge in [-0.25, -0.2) is 0 Å². The molecule has 2 aromatic rings. The van der Waals surface area contributed by atoms with Crippen molar-refractivity contribution < 1.29 is 19.4 Å². The molecule has 0 bridgehead atoms. The molecule has 0 saturated heterocycles. The smallest absolute Gasteiger partial charge is 0.261 e. The molecule has 0 aromatic heterocycles. The number of benzene rings is 2. The van der Waals surface area contributed by atoms with Gasteiger partial charge in [0.2, 0.25) is 0 Å². The highest BCUT2D eigenvalue weighted by atomic mass is 35.5. The van der Waals surface area contributed by atoms with Gasteiger partial charge in [0.05, 0.1) is 31.6 Å². The normalized spacial score (nSPS) is 13.3. The summed E-state index contributed by atoms with van der Waals surface area (Å²) in [5, 5.41) is 20.8. The number of carbonyl (C=O) groups excluding carboxylic acids is 1. The minimum atomic E-state index is -0.114. The Kier molecular flexibility index (Phi) is 26.4. The SMILES string of the molecule is C=C(/C=C(\C)C(=C)/C=C\C(Cl)=C/C)OCCC.C=CN(C=N)C1=CC=C(N2CCOc3cc(-c4ccc(O)cc4)ccc3C2=O)CN1.CC.CCC.CCC. The van der Waals surface area contributed by atoms with Gasteiger partial charge < -0.3 is 24.8 Å². The summed E-state index contributed by atoms with van der Waals surface area (Å²) in [4.78, 5) is 16.5. The van der Waals surface area contributed by atoms with E-state index in [2.05, 4.69) is 59.7 Å². The number of halogens is 1. The van der Waals surface area contributed by atoms with Crippen molar-refractivity contribution in [2.75, 3.05) is 26.3 Å². The van der Waals surface area contributed by atoms with Crippen LogP contribution in [0.15, 0.2) is 138 Å². The first-order valence-corrected chi connectivity index (χ1v) is 19.5. The molecule has 0 radical (unpaired) electrons. The van der Waals surface area contributed by atoms with Gasteiger partial charge in [-0.05, 0) is 91.1 Å². The van der Waals surface area contributed by atoms with Crippen LogP contribution in [0.25, 0.3) is 11.1 Å². The number of nitrogens with zero attached hydrogens (tertiary/aromatic N) is 2. The Labute approximate surface area is 337 Å². The van der Waals surface area contributed by atoms with E-state index in [1.165, 1.54) is 19.0 Å². The number of phenolic OH excluding ortho intramolecular Hbond substituents is 1. The molecule has 8 nitrogen and oxygen atoms in total. The van der Waals surface area contributed by atoms with Gasteiger partial charge in [0.15, 0.2) is 0 Å². The number of hydrogen-bond acceptors (Lipinski definition) is 6. The van der Waals surface area contributed by atoms with Crippen LogP contribution in [0.1, 0.15) is 91.9 Å². The third-order valence-electron chi connectivity index (χ3n) is 7.17. The third kappa shape index (κ3) is 18.1. The average molecular weight is 774 g/mol. The molecule has 300 valence electrons. The molecular weight excluding hydrogens is 708 g/mol. The first-order chi connectivity index (χ1) is 26.4. The maximum Gasteiger partial charge on any atom is 0.261 e. The molecule has 0 atom stereocenters. The lowest BCUT2D eigenvalue weighted by Gasteiger charge is -2.28. The van der Waals surface area contributed by atoms with E-state index in [0.29, 0.717) is 48.4 Å². The molecule has 55 heavy (non-hydrogen) atoms. The minimum absolute atomic E-state index is 0.114. The second kappa shape index (κ2) is 29.2. The Hall–Kier alpha value is -5.21. The topological polar surface area (TPSA) is 98.1 Å². The summed E-state index contributed by atoms with van der Waals surface area (Å²) in [5.74, 6) is 2.03. The average Bonchev–Trinajstić information content (AvgIpc) is 3.36. The maximum atomic E-state index is 13.2. The van der Waals surface area contributed by atoms with Crippen LogP contribution >= 0.6 is 11.6 Å². The molecule has 2 aliphatic heterocycles. The zero-order valence-electron chi connectivity index (χ0n) is 34.7. The summed E-state index contributed by atoms with van der Waals surface area (Å²) < 4.78 is 11.3. The predicted molar refractivity (Wildman–Crippen MR) is 235 cm³/mol. The van der Waals surface area contributed by atoms with Gasteiger partial charge in [-0.1, -0.05) is 123 Å². The van der Waals surface area contributed by atoms with Crippen LogP contribution in [0.3, 0.4) is 0 Å². The highest BCUT2D eigenvalue weighted by Crippen LogP contribution is 2.31. The zero-order valence-corrected chi connectivity index (χ0v) is 35.4.